The van der Waals surface area contributed by atoms with Crippen molar-refractivity contribution in [2.75, 3.05) is 0 Å². The van der Waals surface area contributed by atoms with E-state index in [1.54, 1.807) is 146 Å². The molecule has 0 atom stereocenters. The van der Waals surface area contributed by atoms with Crippen molar-refractivity contribution >= 4 is 256 Å². The molecule has 8 nitrogen and oxygen atoms in total. The number of benzene rings is 8. The Balaban J connectivity index is 0.000000271. The summed E-state index contributed by atoms with van der Waals surface area (Å²) in [7, 11) is 0. The number of rotatable bonds is 12. The number of hydrogen-bond acceptors (Lipinski definition) is 4. The van der Waals surface area contributed by atoms with Gasteiger partial charge in [0.15, 0.2) is 0 Å². The molecule has 0 aromatic heterocycles. The fourth-order valence-corrected chi connectivity index (χ4v) is 9.68. The normalized spacial score (nSPS) is 10.7. The first-order chi connectivity index (χ1) is 36.1. The van der Waals surface area contributed by atoms with Crippen LogP contribution in [0.1, 0.15) is 0 Å². The van der Waals surface area contributed by atoms with Crippen LogP contribution in [0, 0.1) is 0 Å². The summed E-state index contributed by atoms with van der Waals surface area (Å²) < 4.78 is 0. The van der Waals surface area contributed by atoms with Crippen molar-refractivity contribution in [2.24, 2.45) is 20.0 Å². The fraction of sp³-hybridized carbons (Fsp3) is 0. The summed E-state index contributed by atoms with van der Waals surface area (Å²) in [5, 5.41) is 24.8. The molecule has 0 aliphatic heterocycles. The average molecular weight is 1700 g/mol. The molecule has 0 saturated heterocycles. The molecular formula is C52H28Cl16N8W2. The van der Waals surface area contributed by atoms with Gasteiger partial charge in [0, 0.05) is 80.4 Å². The molecule has 8 aromatic carbocycles. The van der Waals surface area contributed by atoms with Gasteiger partial charge in [-0.2, -0.15) is 0 Å². The topological polar surface area (TPSA) is 106 Å². The molecule has 0 saturated carbocycles. The van der Waals surface area contributed by atoms with Crippen molar-refractivity contribution in [1.29, 1.82) is 0 Å². The van der Waals surface area contributed by atoms with Gasteiger partial charge in [-0.3, -0.25) is 0 Å². The smallest absolute Gasteiger partial charge is 0.443 e. The van der Waals surface area contributed by atoms with E-state index in [9.17, 15) is 0 Å². The Morgan fingerprint density at radius 3 is 0.436 bits per heavy atom. The van der Waals surface area contributed by atoms with Crippen LogP contribution in [0.5, 0.6) is 0 Å². The van der Waals surface area contributed by atoms with E-state index in [1.165, 1.54) is 25.4 Å². The Morgan fingerprint density at radius 2 is 0.308 bits per heavy atom. The van der Waals surface area contributed by atoms with Crippen molar-refractivity contribution in [3.8, 4) is 0 Å². The molecule has 0 spiro atoms. The Labute approximate surface area is 559 Å². The van der Waals surface area contributed by atoms with Crippen LogP contribution in [0.2, 0.25) is 80.4 Å². The maximum absolute atomic E-state index is 5.86. The van der Waals surface area contributed by atoms with Gasteiger partial charge in [0.25, 0.3) is 0 Å². The third-order valence-electron chi connectivity index (χ3n) is 8.43. The van der Waals surface area contributed by atoms with Gasteiger partial charge in [0.1, 0.15) is 0 Å². The minimum Gasteiger partial charge on any atom is -0.443 e. The zero-order valence-corrected chi connectivity index (χ0v) is 56.6. The second-order valence-electron chi connectivity index (χ2n) is 14.5. The standard InChI is InChI=1S/4C13H7Cl4N2.2W/c4*14-8-1-9(15)4-12(3-8)18-7-19-13-5-10(16)2-11(17)6-13;;/h4*1-7H;;/q4*-1;2*+2. The van der Waals surface area contributed by atoms with E-state index in [0.29, 0.717) is 126 Å². The largest absolute Gasteiger partial charge is 2.00 e. The SMILES string of the molecule is Clc1cc(Cl)cc(N=C[N-]c2cc(Cl)cc(Cl)c2)c1.Clc1cc(Cl)cc(N=C[N-]c2cc(Cl)cc(Cl)c2)c1.Clc1cc(Cl)cc(N=C[N-]c2cc(Cl)cc(Cl)c2)c1.Clc1cc(Cl)cc(N=C[N-]c2cc(Cl)cc(Cl)c2)c1.[W+2].[W+2]. The third-order valence-corrected chi connectivity index (χ3v) is 11.9. The van der Waals surface area contributed by atoms with E-state index in [-0.39, 0.29) is 42.1 Å². The van der Waals surface area contributed by atoms with Gasteiger partial charge in [-0.25, -0.2) is 0 Å². The number of nitrogens with zero attached hydrogens (tertiary/aromatic N) is 8. The van der Waals surface area contributed by atoms with Crippen LogP contribution in [-0.2, 0) is 42.1 Å². The maximum Gasteiger partial charge on any atom is 2.00 e. The summed E-state index contributed by atoms with van der Waals surface area (Å²) in [5.74, 6) is 0. The molecule has 0 aliphatic carbocycles. The summed E-state index contributed by atoms with van der Waals surface area (Å²) in [6.07, 6.45) is 5.57. The molecule has 400 valence electrons. The van der Waals surface area contributed by atoms with Crippen LogP contribution in [0.25, 0.3) is 21.3 Å². The van der Waals surface area contributed by atoms with Gasteiger partial charge < -0.3 is 41.2 Å². The molecule has 0 unspecified atom stereocenters. The van der Waals surface area contributed by atoms with Crippen LogP contribution in [0.3, 0.4) is 0 Å². The number of hydrogen-bond donors (Lipinski definition) is 0. The molecule has 0 bridgehead atoms. The van der Waals surface area contributed by atoms with Gasteiger partial charge in [-0.15, -0.1) is 0 Å². The van der Waals surface area contributed by atoms with Crippen LogP contribution in [0.4, 0.5) is 45.5 Å². The van der Waals surface area contributed by atoms with Crippen molar-refractivity contribution in [3.63, 3.8) is 0 Å². The zero-order valence-electron chi connectivity index (χ0n) is 38.6. The van der Waals surface area contributed by atoms with E-state index in [1.807, 2.05) is 0 Å². The van der Waals surface area contributed by atoms with Crippen LogP contribution >= 0.6 is 186 Å². The number of aliphatic imine (C=N–C) groups is 4. The maximum atomic E-state index is 5.86. The summed E-state index contributed by atoms with van der Waals surface area (Å²) in [6, 6.07) is 40.0. The molecule has 0 N–H and O–H groups in total. The van der Waals surface area contributed by atoms with Crippen molar-refractivity contribution in [3.05, 3.63) is 247 Å². The Hall–Kier alpha value is -2.34. The molecule has 0 fully saturated rings. The van der Waals surface area contributed by atoms with Gasteiger partial charge in [-0.05, 0) is 191 Å². The van der Waals surface area contributed by atoms with Crippen molar-refractivity contribution < 1.29 is 42.1 Å². The van der Waals surface area contributed by atoms with Crippen molar-refractivity contribution in [1.82, 2.24) is 0 Å². The molecule has 26 heteroatoms. The third kappa shape index (κ3) is 28.1. The second kappa shape index (κ2) is 36.3. The van der Waals surface area contributed by atoms with E-state index in [4.69, 9.17) is 186 Å². The summed E-state index contributed by atoms with van der Waals surface area (Å²) in [4.78, 5) is 16.5. The molecule has 0 heterocycles. The van der Waals surface area contributed by atoms with Gasteiger partial charge in [0.2, 0.25) is 0 Å². The van der Waals surface area contributed by atoms with E-state index >= 15 is 0 Å². The van der Waals surface area contributed by atoms with Crippen LogP contribution in [0.15, 0.2) is 166 Å². The quantitative estimate of drug-likeness (QED) is 0.0859. The Bertz CT molecular complexity index is 2800. The van der Waals surface area contributed by atoms with E-state index in [2.05, 4.69) is 41.2 Å². The van der Waals surface area contributed by atoms with E-state index < -0.39 is 0 Å². The number of halogens is 16. The molecule has 8 rings (SSSR count). The first-order valence-electron chi connectivity index (χ1n) is 20.7. The summed E-state index contributed by atoms with van der Waals surface area (Å²) >= 11 is 93.8. The van der Waals surface area contributed by atoms with Crippen LogP contribution in [-0.4, -0.2) is 25.4 Å². The molecule has 0 radical (unpaired) electrons. The van der Waals surface area contributed by atoms with E-state index in [0.717, 1.165) is 0 Å². The Morgan fingerprint density at radius 1 is 0.192 bits per heavy atom. The molecule has 8 aromatic rings. The molecule has 0 aliphatic rings. The van der Waals surface area contributed by atoms with Crippen LogP contribution < -0.4 is 0 Å². The van der Waals surface area contributed by atoms with Gasteiger partial charge >= 0.3 is 42.1 Å². The molecule has 78 heavy (non-hydrogen) atoms. The first kappa shape index (κ1) is 69.9. The van der Waals surface area contributed by atoms with Crippen molar-refractivity contribution in [2.45, 2.75) is 0 Å². The summed E-state index contributed by atoms with van der Waals surface area (Å²) in [6.45, 7) is 0. The monoisotopic (exact) mass is 1690 g/mol. The predicted molar refractivity (Wildman–Crippen MR) is 336 cm³/mol. The van der Waals surface area contributed by atoms with Gasteiger partial charge in [-0.1, -0.05) is 211 Å². The second-order valence-corrected chi connectivity index (χ2v) is 21.5. The zero-order chi connectivity index (χ0) is 55.3. The Kier molecular flexibility index (Phi) is 32.5. The fourth-order valence-electron chi connectivity index (χ4n) is 5.56. The first-order valence-corrected chi connectivity index (χ1v) is 26.8. The predicted octanol–water partition coefficient (Wildman–Crippen LogP) is 26.7. The molecule has 0 amide bonds. The molecular weight excluding hydrogens is 1670 g/mol. The summed E-state index contributed by atoms with van der Waals surface area (Å²) in [5.41, 5.74) is 4.96. The minimum atomic E-state index is 0. The van der Waals surface area contributed by atoms with Gasteiger partial charge in [0.05, 0.1) is 0 Å². The average Bonchev–Trinajstić information content (AvgIpc) is 3.27. The minimum absolute atomic E-state index is 0.